The number of aromatic nitrogens is 4. The van der Waals surface area contributed by atoms with Gasteiger partial charge in [-0.1, -0.05) is 11.3 Å². The van der Waals surface area contributed by atoms with Crippen LogP contribution < -0.4 is 5.06 Å². The quantitative estimate of drug-likeness (QED) is 0.724. The normalized spacial score (nSPS) is 15.9. The average Bonchev–Trinajstić information content (AvgIpc) is 3.08. The molecule has 0 N–H and O–H groups in total. The Labute approximate surface area is 119 Å². The maximum absolute atomic E-state index is 5.61. The molecule has 0 bridgehead atoms. The van der Waals surface area contributed by atoms with E-state index in [1.807, 2.05) is 23.4 Å². The van der Waals surface area contributed by atoms with Crippen LogP contribution in [0.25, 0.3) is 16.2 Å². The summed E-state index contributed by atoms with van der Waals surface area (Å²) in [6, 6.07) is 3.90. The standard InChI is InChI=1S/C13H13N5OS/c1-2-7-19-18(6-1)13-16-17-9-11(15-12(17)20-13)10-4-3-5-14-8-10/h3-5,8-9H,1-2,6-7H2. The number of pyridine rings is 1. The largest absolute Gasteiger partial charge is 0.271 e. The van der Waals surface area contributed by atoms with Gasteiger partial charge in [-0.2, -0.15) is 0 Å². The summed E-state index contributed by atoms with van der Waals surface area (Å²) in [6.45, 7) is 1.66. The summed E-state index contributed by atoms with van der Waals surface area (Å²) in [4.78, 5) is 15.2. The Kier molecular flexibility index (Phi) is 2.86. The van der Waals surface area contributed by atoms with Crippen LogP contribution in [0.5, 0.6) is 0 Å². The van der Waals surface area contributed by atoms with Gasteiger partial charge in [0.05, 0.1) is 18.5 Å². The first kappa shape index (κ1) is 11.8. The molecule has 102 valence electrons. The van der Waals surface area contributed by atoms with Crippen molar-refractivity contribution in [3.8, 4) is 11.3 Å². The van der Waals surface area contributed by atoms with E-state index in [0.717, 1.165) is 47.3 Å². The molecule has 3 aromatic rings. The zero-order chi connectivity index (χ0) is 13.4. The SMILES string of the molecule is c1cncc(-c2cn3nc(N4CCCCO4)sc3n2)c1. The van der Waals surface area contributed by atoms with Gasteiger partial charge in [0.15, 0.2) is 0 Å². The van der Waals surface area contributed by atoms with Crippen LogP contribution in [0.4, 0.5) is 5.13 Å². The number of anilines is 1. The fraction of sp³-hybridized carbons (Fsp3) is 0.308. The maximum atomic E-state index is 5.61. The average molecular weight is 287 g/mol. The third-order valence-corrected chi connectivity index (χ3v) is 4.13. The van der Waals surface area contributed by atoms with Crippen molar-refractivity contribution in [2.24, 2.45) is 0 Å². The molecule has 0 saturated carbocycles. The van der Waals surface area contributed by atoms with Crippen LogP contribution in [-0.2, 0) is 4.84 Å². The van der Waals surface area contributed by atoms with Gasteiger partial charge in [0, 0.05) is 24.5 Å². The van der Waals surface area contributed by atoms with E-state index in [1.54, 1.807) is 28.2 Å². The fourth-order valence-corrected chi connectivity index (χ4v) is 3.06. The molecule has 1 aliphatic heterocycles. The number of hydroxylamine groups is 1. The Hall–Kier alpha value is -1.99. The van der Waals surface area contributed by atoms with Crippen molar-refractivity contribution in [1.29, 1.82) is 0 Å². The lowest BCUT2D eigenvalue weighted by molar-refractivity contribution is 0.0773. The third kappa shape index (κ3) is 2.04. The van der Waals surface area contributed by atoms with Crippen LogP contribution in [-0.4, -0.2) is 32.7 Å². The van der Waals surface area contributed by atoms with Crippen LogP contribution >= 0.6 is 11.3 Å². The number of hydrogen-bond acceptors (Lipinski definition) is 6. The van der Waals surface area contributed by atoms with Gasteiger partial charge in [-0.05, 0) is 25.0 Å². The molecule has 0 amide bonds. The summed E-state index contributed by atoms with van der Waals surface area (Å²) in [5.41, 5.74) is 1.89. The molecule has 4 rings (SSSR count). The van der Waals surface area contributed by atoms with E-state index in [-0.39, 0.29) is 0 Å². The second-order valence-corrected chi connectivity index (χ2v) is 5.56. The lowest BCUT2D eigenvalue weighted by Gasteiger charge is -2.24. The van der Waals surface area contributed by atoms with Crippen molar-refractivity contribution >= 4 is 21.4 Å². The molecule has 4 heterocycles. The highest BCUT2D eigenvalue weighted by Gasteiger charge is 2.18. The summed E-state index contributed by atoms with van der Waals surface area (Å²) < 4.78 is 1.81. The van der Waals surface area contributed by atoms with E-state index in [9.17, 15) is 0 Å². The van der Waals surface area contributed by atoms with Crippen LogP contribution in [0.1, 0.15) is 12.8 Å². The van der Waals surface area contributed by atoms with Crippen molar-refractivity contribution in [1.82, 2.24) is 19.6 Å². The molecule has 0 aromatic carbocycles. The molecular formula is C13H13N5OS. The number of imidazole rings is 1. The van der Waals surface area contributed by atoms with Crippen LogP contribution in [0.15, 0.2) is 30.7 Å². The second-order valence-electron chi connectivity index (χ2n) is 4.62. The Balaban J connectivity index is 1.67. The van der Waals surface area contributed by atoms with Gasteiger partial charge in [0.2, 0.25) is 10.1 Å². The monoisotopic (exact) mass is 287 g/mol. The van der Waals surface area contributed by atoms with E-state index in [0.29, 0.717) is 0 Å². The van der Waals surface area contributed by atoms with Crippen LogP contribution in [0.2, 0.25) is 0 Å². The number of rotatable bonds is 2. The third-order valence-electron chi connectivity index (χ3n) is 3.21. The van der Waals surface area contributed by atoms with Crippen LogP contribution in [0, 0.1) is 0 Å². The molecule has 7 heteroatoms. The van der Waals surface area contributed by atoms with Crippen LogP contribution in [0.3, 0.4) is 0 Å². The Morgan fingerprint density at radius 1 is 1.30 bits per heavy atom. The highest BCUT2D eigenvalue weighted by Crippen LogP contribution is 2.27. The minimum atomic E-state index is 0.767. The van der Waals surface area contributed by atoms with Gasteiger partial charge in [0.25, 0.3) is 0 Å². The first-order valence-electron chi connectivity index (χ1n) is 6.57. The molecule has 1 saturated heterocycles. The summed E-state index contributed by atoms with van der Waals surface area (Å²) in [7, 11) is 0. The highest BCUT2D eigenvalue weighted by molar-refractivity contribution is 7.20. The van der Waals surface area contributed by atoms with E-state index in [1.165, 1.54) is 0 Å². The molecule has 0 radical (unpaired) electrons. The zero-order valence-corrected chi connectivity index (χ0v) is 11.6. The van der Waals surface area contributed by atoms with Gasteiger partial charge >= 0.3 is 0 Å². The predicted molar refractivity (Wildman–Crippen MR) is 76.6 cm³/mol. The molecule has 6 nitrogen and oxygen atoms in total. The molecule has 0 spiro atoms. The first-order valence-corrected chi connectivity index (χ1v) is 7.39. The summed E-state index contributed by atoms with van der Waals surface area (Å²) >= 11 is 1.54. The van der Waals surface area contributed by atoms with Crippen molar-refractivity contribution in [3.63, 3.8) is 0 Å². The van der Waals surface area contributed by atoms with Crippen molar-refractivity contribution in [3.05, 3.63) is 30.7 Å². The second kappa shape index (κ2) is 4.84. The van der Waals surface area contributed by atoms with E-state index in [2.05, 4.69) is 15.1 Å². The molecule has 1 aliphatic rings. The van der Waals surface area contributed by atoms with Gasteiger partial charge in [-0.25, -0.2) is 14.6 Å². The minimum absolute atomic E-state index is 0.767. The van der Waals surface area contributed by atoms with Gasteiger partial charge < -0.3 is 0 Å². The summed E-state index contributed by atoms with van der Waals surface area (Å²) in [5, 5.41) is 7.27. The highest BCUT2D eigenvalue weighted by atomic mass is 32.1. The van der Waals surface area contributed by atoms with Gasteiger partial charge in [-0.3, -0.25) is 9.82 Å². The molecule has 0 aliphatic carbocycles. The molecule has 3 aromatic heterocycles. The summed E-state index contributed by atoms with van der Waals surface area (Å²) in [5.74, 6) is 0. The number of fused-ring (bicyclic) bond motifs is 1. The van der Waals surface area contributed by atoms with Crippen molar-refractivity contribution in [2.75, 3.05) is 18.2 Å². The first-order chi connectivity index (χ1) is 9.90. The van der Waals surface area contributed by atoms with E-state index >= 15 is 0 Å². The Morgan fingerprint density at radius 3 is 3.05 bits per heavy atom. The molecule has 20 heavy (non-hydrogen) atoms. The molecule has 1 fully saturated rings. The fourth-order valence-electron chi connectivity index (χ4n) is 2.19. The zero-order valence-electron chi connectivity index (χ0n) is 10.8. The Morgan fingerprint density at radius 2 is 2.30 bits per heavy atom. The van der Waals surface area contributed by atoms with Crippen molar-refractivity contribution < 1.29 is 4.84 Å². The molecule has 0 unspecified atom stereocenters. The minimum Gasteiger partial charge on any atom is -0.271 e. The lowest BCUT2D eigenvalue weighted by atomic mass is 10.2. The van der Waals surface area contributed by atoms with Crippen molar-refractivity contribution in [2.45, 2.75) is 12.8 Å². The van der Waals surface area contributed by atoms with E-state index in [4.69, 9.17) is 4.84 Å². The Bertz CT molecular complexity index is 685. The van der Waals surface area contributed by atoms with Gasteiger partial charge in [0.1, 0.15) is 0 Å². The molecule has 0 atom stereocenters. The smallest absolute Gasteiger partial charge is 0.232 e. The number of nitrogens with zero attached hydrogens (tertiary/aromatic N) is 5. The topological polar surface area (TPSA) is 55.5 Å². The predicted octanol–water partition coefficient (Wildman–Crippen LogP) is 2.38. The number of hydrogen-bond donors (Lipinski definition) is 0. The molecular weight excluding hydrogens is 274 g/mol. The van der Waals surface area contributed by atoms with Gasteiger partial charge in [-0.15, -0.1) is 5.10 Å². The maximum Gasteiger partial charge on any atom is 0.232 e. The van der Waals surface area contributed by atoms with E-state index < -0.39 is 0 Å². The lowest BCUT2D eigenvalue weighted by Crippen LogP contribution is -2.29. The summed E-state index contributed by atoms with van der Waals surface area (Å²) in [6.07, 6.45) is 7.75.